The molecule has 0 spiro atoms. The molecule has 44 heavy (non-hydrogen) atoms. The Labute approximate surface area is 275 Å². The Hall–Kier alpha value is -4.22. The van der Waals surface area contributed by atoms with Crippen molar-refractivity contribution < 1.29 is 14.4 Å². The topological polar surface area (TPSA) is 100 Å². The minimum absolute atomic E-state index is 0.0598. The maximum atomic E-state index is 13.4. The van der Waals surface area contributed by atoms with Crippen LogP contribution in [-0.4, -0.2) is 28.5 Å². The van der Waals surface area contributed by atoms with Crippen molar-refractivity contribution in [3.8, 4) is 11.3 Å². The average molecular weight is 704 g/mol. The van der Waals surface area contributed by atoms with E-state index in [4.69, 9.17) is 11.6 Å². The lowest BCUT2D eigenvalue weighted by molar-refractivity contribution is -0.114. The van der Waals surface area contributed by atoms with E-state index in [9.17, 15) is 14.4 Å². The van der Waals surface area contributed by atoms with Crippen molar-refractivity contribution in [3.63, 3.8) is 0 Å². The number of carbonyl (C=O) groups excluding carboxylic acids is 3. The fourth-order valence-corrected chi connectivity index (χ4v) is 5.80. The number of anilines is 2. The van der Waals surface area contributed by atoms with E-state index in [1.165, 1.54) is 23.1 Å². The largest absolute Gasteiger partial charge is 0.321 e. The third kappa shape index (κ3) is 8.90. The summed E-state index contributed by atoms with van der Waals surface area (Å²) in [4.78, 5) is 44.2. The number of benzene rings is 4. The third-order valence-electron chi connectivity index (χ3n) is 6.06. The Morgan fingerprint density at radius 3 is 2.39 bits per heavy atom. The molecule has 11 heteroatoms. The van der Waals surface area contributed by atoms with Crippen LogP contribution in [0.25, 0.3) is 17.3 Å². The van der Waals surface area contributed by atoms with Crippen LogP contribution in [0.2, 0.25) is 5.02 Å². The summed E-state index contributed by atoms with van der Waals surface area (Å²) < 4.78 is 0.982. The van der Waals surface area contributed by atoms with Crippen molar-refractivity contribution in [3.05, 3.63) is 135 Å². The number of amides is 3. The number of halogens is 2. The van der Waals surface area contributed by atoms with Crippen molar-refractivity contribution in [1.29, 1.82) is 0 Å². The monoisotopic (exact) mass is 702 g/mol. The summed E-state index contributed by atoms with van der Waals surface area (Å²) >= 11 is 12.1. The maximum Gasteiger partial charge on any atom is 0.272 e. The molecular formula is C33H24BrClN4O3S2. The smallest absolute Gasteiger partial charge is 0.272 e. The van der Waals surface area contributed by atoms with Gasteiger partial charge in [0.05, 0.1) is 11.4 Å². The van der Waals surface area contributed by atoms with Crippen LogP contribution in [0.1, 0.15) is 15.9 Å². The quantitative estimate of drug-likeness (QED) is 0.100. The number of thiazole rings is 1. The number of nitrogens with one attached hydrogen (secondary N) is 3. The average Bonchev–Trinajstić information content (AvgIpc) is 3.50. The van der Waals surface area contributed by atoms with Crippen LogP contribution in [0.4, 0.5) is 10.8 Å². The molecular weight excluding hydrogens is 680 g/mol. The molecule has 0 bridgehead atoms. The van der Waals surface area contributed by atoms with E-state index in [0.717, 1.165) is 20.6 Å². The highest BCUT2D eigenvalue weighted by Gasteiger charge is 2.16. The zero-order valence-electron chi connectivity index (χ0n) is 22.9. The van der Waals surface area contributed by atoms with Gasteiger partial charge in [-0.25, -0.2) is 4.98 Å². The molecule has 1 aromatic heterocycles. The van der Waals surface area contributed by atoms with Gasteiger partial charge in [0.1, 0.15) is 5.70 Å². The summed E-state index contributed by atoms with van der Waals surface area (Å²) in [7, 11) is 0. The van der Waals surface area contributed by atoms with Crippen molar-refractivity contribution >= 4 is 85.2 Å². The molecule has 7 nitrogen and oxygen atoms in total. The molecule has 0 fully saturated rings. The van der Waals surface area contributed by atoms with Crippen LogP contribution in [0, 0.1) is 0 Å². The summed E-state index contributed by atoms with van der Waals surface area (Å²) in [5.74, 6) is -0.965. The zero-order chi connectivity index (χ0) is 30.9. The first-order valence-electron chi connectivity index (χ1n) is 13.2. The first-order valence-corrected chi connectivity index (χ1v) is 16.3. The minimum Gasteiger partial charge on any atom is -0.321 e. The second-order valence-corrected chi connectivity index (χ2v) is 12.6. The number of thioether (sulfide) groups is 1. The molecule has 3 N–H and O–H groups in total. The van der Waals surface area contributed by atoms with Crippen LogP contribution in [0.5, 0.6) is 0 Å². The van der Waals surface area contributed by atoms with Crippen LogP contribution in [0.15, 0.2) is 124 Å². The molecule has 220 valence electrons. The maximum absolute atomic E-state index is 13.4. The second kappa shape index (κ2) is 15.0. The molecule has 0 aliphatic carbocycles. The van der Waals surface area contributed by atoms with E-state index >= 15 is 0 Å². The Bertz CT molecular complexity index is 1810. The predicted molar refractivity (Wildman–Crippen MR) is 183 cm³/mol. The van der Waals surface area contributed by atoms with E-state index in [2.05, 4.69) is 36.9 Å². The molecule has 0 saturated carbocycles. The fourth-order valence-electron chi connectivity index (χ4n) is 3.92. The van der Waals surface area contributed by atoms with Crippen molar-refractivity contribution in [2.24, 2.45) is 0 Å². The van der Waals surface area contributed by atoms with Gasteiger partial charge in [-0.2, -0.15) is 0 Å². The van der Waals surface area contributed by atoms with Crippen molar-refractivity contribution in [1.82, 2.24) is 10.3 Å². The molecule has 5 rings (SSSR count). The molecule has 3 amide bonds. The molecule has 4 aromatic carbocycles. The Morgan fingerprint density at radius 2 is 1.64 bits per heavy atom. The van der Waals surface area contributed by atoms with Gasteiger partial charge in [0.2, 0.25) is 5.91 Å². The summed E-state index contributed by atoms with van der Waals surface area (Å²) in [5.41, 5.74) is 3.43. The number of nitrogens with zero attached hydrogens (tertiary/aromatic N) is 1. The van der Waals surface area contributed by atoms with E-state index < -0.39 is 11.8 Å². The highest BCUT2D eigenvalue weighted by Crippen LogP contribution is 2.27. The lowest BCUT2D eigenvalue weighted by Crippen LogP contribution is -2.30. The lowest BCUT2D eigenvalue weighted by Gasteiger charge is -2.12. The molecule has 0 aliphatic rings. The standard InChI is InChI=1S/C33H24BrClN4O3S2/c34-24-13-11-22(12-14-24)29-19-44-33(38-29)39-30(40)20-43-27-8-4-7-26(18-27)36-32(42)28(17-21-9-15-25(35)16-10-21)37-31(41)23-5-2-1-3-6-23/h1-19H,20H2,(H,36,42)(H,37,41)(H,38,39,40)/b28-17-. The van der Waals surface area contributed by atoms with E-state index in [0.29, 0.717) is 27.0 Å². The molecule has 5 aromatic rings. The van der Waals surface area contributed by atoms with Crippen LogP contribution in [0.3, 0.4) is 0 Å². The zero-order valence-corrected chi connectivity index (χ0v) is 26.9. The Balaban J connectivity index is 1.22. The highest BCUT2D eigenvalue weighted by atomic mass is 79.9. The molecule has 1 heterocycles. The Kier molecular flexibility index (Phi) is 10.6. The van der Waals surface area contributed by atoms with E-state index in [1.807, 2.05) is 41.8 Å². The van der Waals surface area contributed by atoms with Gasteiger partial charge in [0.15, 0.2) is 5.13 Å². The summed E-state index contributed by atoms with van der Waals surface area (Å²) in [6.07, 6.45) is 1.58. The van der Waals surface area contributed by atoms with Crippen molar-refractivity contribution in [2.45, 2.75) is 4.90 Å². The minimum atomic E-state index is -0.505. The van der Waals surface area contributed by atoms with E-state index in [1.54, 1.807) is 72.8 Å². The van der Waals surface area contributed by atoms with Gasteiger partial charge < -0.3 is 16.0 Å². The summed E-state index contributed by atoms with van der Waals surface area (Å²) in [5, 5.41) is 11.4. The van der Waals surface area contributed by atoms with Crippen molar-refractivity contribution in [2.75, 3.05) is 16.4 Å². The molecule has 0 aliphatic heterocycles. The molecule has 0 unspecified atom stereocenters. The van der Waals surface area contributed by atoms with Gasteiger partial charge in [0, 0.05) is 36.6 Å². The summed E-state index contributed by atoms with van der Waals surface area (Å²) in [6.45, 7) is 0. The first kappa shape index (κ1) is 31.2. The van der Waals surface area contributed by atoms with Gasteiger partial charge in [-0.05, 0) is 66.2 Å². The van der Waals surface area contributed by atoms with Gasteiger partial charge in [-0.1, -0.05) is 76.1 Å². The number of rotatable bonds is 10. The van der Waals surface area contributed by atoms with Gasteiger partial charge in [0.25, 0.3) is 11.8 Å². The number of hydrogen-bond acceptors (Lipinski definition) is 6. The van der Waals surface area contributed by atoms with Gasteiger partial charge in [-0.15, -0.1) is 23.1 Å². The second-order valence-electron chi connectivity index (χ2n) is 9.29. The lowest BCUT2D eigenvalue weighted by atomic mass is 10.1. The van der Waals surface area contributed by atoms with Crippen LogP contribution < -0.4 is 16.0 Å². The number of hydrogen-bond donors (Lipinski definition) is 3. The molecule has 0 radical (unpaired) electrons. The van der Waals surface area contributed by atoms with E-state index in [-0.39, 0.29) is 17.4 Å². The number of aromatic nitrogens is 1. The van der Waals surface area contributed by atoms with Crippen LogP contribution >= 0.6 is 50.6 Å². The normalized spacial score (nSPS) is 11.1. The van der Waals surface area contributed by atoms with Gasteiger partial charge >= 0.3 is 0 Å². The fraction of sp³-hybridized carbons (Fsp3) is 0.0303. The molecule has 0 saturated heterocycles. The Morgan fingerprint density at radius 1 is 0.886 bits per heavy atom. The first-order chi connectivity index (χ1) is 21.3. The third-order valence-corrected chi connectivity index (χ3v) is 8.59. The highest BCUT2D eigenvalue weighted by molar-refractivity contribution is 9.10. The SMILES string of the molecule is O=C(CSc1cccc(NC(=O)/C(=C/c2ccc(Cl)cc2)NC(=O)c2ccccc2)c1)Nc1nc(-c2ccc(Br)cc2)cs1. The summed E-state index contributed by atoms with van der Waals surface area (Å²) in [6, 6.07) is 30.5. The predicted octanol–water partition coefficient (Wildman–Crippen LogP) is 8.37. The van der Waals surface area contributed by atoms with Gasteiger partial charge in [-0.3, -0.25) is 14.4 Å². The number of carbonyl (C=O) groups is 3. The van der Waals surface area contributed by atoms with Crippen LogP contribution in [-0.2, 0) is 9.59 Å². The molecule has 0 atom stereocenters.